The average Bonchev–Trinajstić information content (AvgIpc) is 2.54. The maximum atomic E-state index is 12.5. The lowest BCUT2D eigenvalue weighted by molar-refractivity contribution is -0.384. The van der Waals surface area contributed by atoms with Crippen molar-refractivity contribution in [1.82, 2.24) is 10.4 Å². The van der Waals surface area contributed by atoms with Crippen LogP contribution >= 0.6 is 11.6 Å². The van der Waals surface area contributed by atoms with Gasteiger partial charge in [0.1, 0.15) is 5.02 Å². The van der Waals surface area contributed by atoms with Gasteiger partial charge < -0.3 is 0 Å². The predicted molar refractivity (Wildman–Crippen MR) is 96.5 cm³/mol. The second-order valence-electron chi connectivity index (χ2n) is 5.39. The van der Waals surface area contributed by atoms with Gasteiger partial charge in [-0.25, -0.2) is 13.4 Å². The van der Waals surface area contributed by atoms with Crippen molar-refractivity contribution in [2.24, 2.45) is 0 Å². The first kappa shape index (κ1) is 19.6. The SMILES string of the molecule is CN(C)NC(=O)c1cccc(NS(=O)(=O)c2ccc(Cl)c([N+](=O)[O-])c2)c1. The standard InChI is InChI=1S/C15H15ClN4O5S/c1-19(2)17-15(21)10-4-3-5-11(8-10)18-26(24,25)12-6-7-13(16)14(9-12)20(22)23/h3-9,18H,1-2H3,(H,17,21). The van der Waals surface area contributed by atoms with Crippen molar-refractivity contribution < 1.29 is 18.1 Å². The molecule has 0 aliphatic rings. The van der Waals surface area contributed by atoms with Crippen molar-refractivity contribution in [2.75, 3.05) is 18.8 Å². The minimum absolute atomic E-state index is 0.133. The number of halogens is 1. The van der Waals surface area contributed by atoms with Gasteiger partial charge in [-0.1, -0.05) is 17.7 Å². The van der Waals surface area contributed by atoms with Gasteiger partial charge in [-0.15, -0.1) is 0 Å². The predicted octanol–water partition coefficient (Wildman–Crippen LogP) is 2.26. The molecule has 0 aromatic heterocycles. The number of benzene rings is 2. The number of hydrazine groups is 1. The second-order valence-corrected chi connectivity index (χ2v) is 7.48. The van der Waals surface area contributed by atoms with E-state index >= 15 is 0 Å². The topological polar surface area (TPSA) is 122 Å². The van der Waals surface area contributed by atoms with Crippen LogP contribution in [0.1, 0.15) is 10.4 Å². The maximum Gasteiger partial charge on any atom is 0.289 e. The number of carbonyl (C=O) groups is 1. The molecular weight excluding hydrogens is 384 g/mol. The number of carbonyl (C=O) groups excluding carboxylic acids is 1. The number of hydrogen-bond donors (Lipinski definition) is 2. The average molecular weight is 399 g/mol. The van der Waals surface area contributed by atoms with E-state index in [1.54, 1.807) is 14.1 Å². The van der Waals surface area contributed by atoms with E-state index in [4.69, 9.17) is 11.6 Å². The summed E-state index contributed by atoms with van der Waals surface area (Å²) in [5, 5.41) is 12.2. The molecule has 1 amide bonds. The number of rotatable bonds is 6. The third-order valence-electron chi connectivity index (χ3n) is 3.13. The molecule has 2 N–H and O–H groups in total. The van der Waals surface area contributed by atoms with Crippen LogP contribution in [0.4, 0.5) is 11.4 Å². The number of anilines is 1. The highest BCUT2D eigenvalue weighted by atomic mass is 35.5. The molecule has 2 rings (SSSR count). The fourth-order valence-electron chi connectivity index (χ4n) is 2.01. The van der Waals surface area contributed by atoms with Crippen LogP contribution < -0.4 is 10.1 Å². The second kappa shape index (κ2) is 7.68. The fraction of sp³-hybridized carbons (Fsp3) is 0.133. The molecule has 0 spiro atoms. The highest BCUT2D eigenvalue weighted by Crippen LogP contribution is 2.28. The number of nitrogens with zero attached hydrogens (tertiary/aromatic N) is 2. The van der Waals surface area contributed by atoms with Crippen LogP contribution in [0.2, 0.25) is 5.02 Å². The molecule has 2 aromatic carbocycles. The Bertz CT molecular complexity index is 962. The van der Waals surface area contributed by atoms with Crippen LogP contribution in [0.3, 0.4) is 0 Å². The molecule has 0 saturated heterocycles. The molecule has 0 bridgehead atoms. The van der Waals surface area contributed by atoms with E-state index in [-0.39, 0.29) is 21.2 Å². The third kappa shape index (κ3) is 4.69. The van der Waals surface area contributed by atoms with Crippen molar-refractivity contribution in [1.29, 1.82) is 0 Å². The van der Waals surface area contributed by atoms with Gasteiger partial charge in [0, 0.05) is 31.4 Å². The number of sulfonamides is 1. The summed E-state index contributed by atoms with van der Waals surface area (Å²) in [5.74, 6) is -0.418. The summed E-state index contributed by atoms with van der Waals surface area (Å²) < 4.78 is 27.2. The van der Waals surface area contributed by atoms with Gasteiger partial charge in [0.15, 0.2) is 0 Å². The third-order valence-corrected chi connectivity index (χ3v) is 4.83. The van der Waals surface area contributed by atoms with Gasteiger partial charge >= 0.3 is 0 Å². The molecule has 0 radical (unpaired) electrons. The Morgan fingerprint density at radius 2 is 1.88 bits per heavy atom. The van der Waals surface area contributed by atoms with E-state index in [9.17, 15) is 23.3 Å². The van der Waals surface area contributed by atoms with Crippen molar-refractivity contribution in [3.05, 3.63) is 63.2 Å². The Morgan fingerprint density at radius 3 is 2.50 bits per heavy atom. The largest absolute Gasteiger partial charge is 0.289 e. The molecule has 0 aliphatic carbocycles. The molecule has 11 heteroatoms. The zero-order chi connectivity index (χ0) is 19.5. The van der Waals surface area contributed by atoms with E-state index in [1.807, 2.05) is 0 Å². The molecule has 9 nitrogen and oxygen atoms in total. The Kier molecular flexibility index (Phi) is 5.80. The van der Waals surface area contributed by atoms with Crippen LogP contribution in [-0.2, 0) is 10.0 Å². The van der Waals surface area contributed by atoms with Gasteiger partial charge in [0.05, 0.1) is 9.82 Å². The van der Waals surface area contributed by atoms with Crippen LogP contribution in [0, 0.1) is 10.1 Å². The summed E-state index contributed by atoms with van der Waals surface area (Å²) >= 11 is 5.69. The van der Waals surface area contributed by atoms with Gasteiger partial charge in [-0.2, -0.15) is 0 Å². The highest BCUT2D eigenvalue weighted by molar-refractivity contribution is 7.92. The number of amides is 1. The number of nitro groups is 1. The fourth-order valence-corrected chi connectivity index (χ4v) is 3.26. The van der Waals surface area contributed by atoms with E-state index in [1.165, 1.54) is 29.3 Å². The molecule has 0 saturated carbocycles. The monoisotopic (exact) mass is 398 g/mol. The Morgan fingerprint density at radius 1 is 1.19 bits per heavy atom. The molecule has 138 valence electrons. The highest BCUT2D eigenvalue weighted by Gasteiger charge is 2.21. The van der Waals surface area contributed by atoms with Crippen molar-refractivity contribution in [3.63, 3.8) is 0 Å². The van der Waals surface area contributed by atoms with Crippen LogP contribution in [0.25, 0.3) is 0 Å². The van der Waals surface area contributed by atoms with Crippen molar-refractivity contribution in [2.45, 2.75) is 4.90 Å². The first-order valence-electron chi connectivity index (χ1n) is 7.15. The maximum absolute atomic E-state index is 12.5. The van der Waals surface area contributed by atoms with Crippen LogP contribution in [0.15, 0.2) is 47.4 Å². The Labute approximate surface area is 154 Å². The quantitative estimate of drug-likeness (QED) is 0.568. The summed E-state index contributed by atoms with van der Waals surface area (Å²) in [7, 11) is -0.833. The first-order chi connectivity index (χ1) is 12.1. The lowest BCUT2D eigenvalue weighted by atomic mass is 10.2. The molecular formula is C15H15ClN4O5S. The summed E-state index contributed by atoms with van der Waals surface area (Å²) in [4.78, 5) is 21.8. The lowest BCUT2D eigenvalue weighted by Crippen LogP contribution is -2.36. The van der Waals surface area contributed by atoms with Crippen LogP contribution in [0.5, 0.6) is 0 Å². The number of nitro benzene ring substituents is 1. The molecule has 26 heavy (non-hydrogen) atoms. The summed E-state index contributed by atoms with van der Waals surface area (Å²) in [6.07, 6.45) is 0. The zero-order valence-corrected chi connectivity index (χ0v) is 15.3. The lowest BCUT2D eigenvalue weighted by Gasteiger charge is -2.13. The van der Waals surface area contributed by atoms with Crippen molar-refractivity contribution >= 4 is 38.9 Å². The van der Waals surface area contributed by atoms with Gasteiger partial charge in [-0.3, -0.25) is 25.1 Å². The van der Waals surface area contributed by atoms with Gasteiger partial charge in [-0.05, 0) is 30.3 Å². The molecule has 0 atom stereocenters. The molecule has 0 aliphatic heterocycles. The van der Waals surface area contributed by atoms with Crippen molar-refractivity contribution in [3.8, 4) is 0 Å². The van der Waals surface area contributed by atoms with Gasteiger partial charge in [0.25, 0.3) is 21.6 Å². The molecule has 2 aromatic rings. The van der Waals surface area contributed by atoms with Crippen LogP contribution in [-0.4, -0.2) is 38.4 Å². The molecule has 0 unspecified atom stereocenters. The smallest absolute Gasteiger partial charge is 0.285 e. The van der Waals surface area contributed by atoms with E-state index in [2.05, 4.69) is 10.1 Å². The minimum atomic E-state index is -4.11. The summed E-state index contributed by atoms with van der Waals surface area (Å²) in [6.45, 7) is 0. The Balaban J connectivity index is 2.31. The first-order valence-corrected chi connectivity index (χ1v) is 9.01. The normalized spacial score (nSPS) is 11.2. The Hall–Kier alpha value is -2.69. The van der Waals surface area contributed by atoms with Gasteiger partial charge in [0.2, 0.25) is 0 Å². The van der Waals surface area contributed by atoms with E-state index in [0.717, 1.165) is 18.2 Å². The van der Waals surface area contributed by atoms with E-state index < -0.39 is 26.5 Å². The summed E-state index contributed by atoms with van der Waals surface area (Å²) in [6, 6.07) is 8.98. The summed E-state index contributed by atoms with van der Waals surface area (Å²) in [5.41, 5.74) is 2.39. The number of hydrogen-bond acceptors (Lipinski definition) is 6. The minimum Gasteiger partial charge on any atom is -0.285 e. The molecule has 0 fully saturated rings. The van der Waals surface area contributed by atoms with E-state index in [0.29, 0.717) is 0 Å². The zero-order valence-electron chi connectivity index (χ0n) is 13.8. The molecule has 0 heterocycles. The number of nitrogens with one attached hydrogen (secondary N) is 2.